The summed E-state index contributed by atoms with van der Waals surface area (Å²) in [5.74, 6) is 0.109. The van der Waals surface area contributed by atoms with Crippen molar-refractivity contribution < 1.29 is 14.4 Å². The zero-order chi connectivity index (χ0) is 22.0. The largest absolute Gasteiger partial charge is 0.339 e. The molecule has 1 aliphatic carbocycles. The minimum Gasteiger partial charge on any atom is -0.339 e. The van der Waals surface area contributed by atoms with Crippen molar-refractivity contribution in [3.8, 4) is 0 Å². The predicted molar refractivity (Wildman–Crippen MR) is 120 cm³/mol. The van der Waals surface area contributed by atoms with E-state index in [1.807, 2.05) is 36.9 Å². The molecule has 0 bridgehead atoms. The van der Waals surface area contributed by atoms with E-state index in [1.54, 1.807) is 24.3 Å². The maximum Gasteiger partial charge on any atom is 0.319 e. The van der Waals surface area contributed by atoms with Crippen molar-refractivity contribution in [3.05, 3.63) is 64.7 Å². The SMILES string of the molecule is Cc1ccc(C(=O)C2CCN(C(=O)c3ccc(NC(=O)NC4CC4)cc3)CC2)c(C)c1. The number of ketones is 1. The molecule has 2 aromatic carbocycles. The van der Waals surface area contributed by atoms with Gasteiger partial charge in [-0.3, -0.25) is 9.59 Å². The average molecular weight is 420 g/mol. The van der Waals surface area contributed by atoms with Crippen LogP contribution in [0.15, 0.2) is 42.5 Å². The number of amides is 3. The van der Waals surface area contributed by atoms with Gasteiger partial charge in [0.25, 0.3) is 5.91 Å². The highest BCUT2D eigenvalue weighted by molar-refractivity contribution is 6.00. The van der Waals surface area contributed by atoms with Gasteiger partial charge in [0.05, 0.1) is 0 Å². The molecule has 162 valence electrons. The molecular weight excluding hydrogens is 390 g/mol. The van der Waals surface area contributed by atoms with Gasteiger partial charge < -0.3 is 15.5 Å². The number of nitrogens with one attached hydrogen (secondary N) is 2. The van der Waals surface area contributed by atoms with Crippen LogP contribution < -0.4 is 10.6 Å². The molecule has 6 heteroatoms. The van der Waals surface area contributed by atoms with Crippen LogP contribution in [0.3, 0.4) is 0 Å². The number of aryl methyl sites for hydroxylation is 2. The van der Waals surface area contributed by atoms with Gasteiger partial charge in [0.1, 0.15) is 0 Å². The Hall–Kier alpha value is -3.15. The minimum atomic E-state index is -0.211. The van der Waals surface area contributed by atoms with Crippen LogP contribution in [0.4, 0.5) is 10.5 Å². The van der Waals surface area contributed by atoms with Crippen molar-refractivity contribution in [1.29, 1.82) is 0 Å². The number of carbonyl (C=O) groups excluding carboxylic acids is 3. The van der Waals surface area contributed by atoms with Crippen LogP contribution in [0, 0.1) is 19.8 Å². The molecule has 2 fully saturated rings. The molecule has 0 atom stereocenters. The lowest BCUT2D eigenvalue weighted by Crippen LogP contribution is -2.40. The fourth-order valence-corrected chi connectivity index (χ4v) is 4.11. The van der Waals surface area contributed by atoms with Gasteiger partial charge in [0, 0.05) is 41.9 Å². The second-order valence-electron chi connectivity index (χ2n) is 8.70. The van der Waals surface area contributed by atoms with Crippen molar-refractivity contribution in [2.75, 3.05) is 18.4 Å². The van der Waals surface area contributed by atoms with E-state index in [-0.39, 0.29) is 23.6 Å². The van der Waals surface area contributed by atoms with Crippen LogP contribution in [-0.2, 0) is 0 Å². The monoisotopic (exact) mass is 419 g/mol. The lowest BCUT2D eigenvalue weighted by Gasteiger charge is -2.31. The number of benzene rings is 2. The molecule has 3 amide bonds. The maximum atomic E-state index is 12.9. The summed E-state index contributed by atoms with van der Waals surface area (Å²) < 4.78 is 0. The number of hydrogen-bond acceptors (Lipinski definition) is 3. The number of urea groups is 1. The molecule has 0 spiro atoms. The van der Waals surface area contributed by atoms with Gasteiger partial charge in [0.15, 0.2) is 5.78 Å². The molecule has 31 heavy (non-hydrogen) atoms. The van der Waals surface area contributed by atoms with E-state index < -0.39 is 0 Å². The van der Waals surface area contributed by atoms with Crippen LogP contribution in [0.2, 0.25) is 0 Å². The fourth-order valence-electron chi connectivity index (χ4n) is 4.11. The van der Waals surface area contributed by atoms with Crippen LogP contribution in [0.25, 0.3) is 0 Å². The third-order valence-electron chi connectivity index (χ3n) is 6.10. The molecule has 0 radical (unpaired) electrons. The van der Waals surface area contributed by atoms with Crippen LogP contribution in [-0.4, -0.2) is 41.8 Å². The Balaban J connectivity index is 1.31. The lowest BCUT2D eigenvalue weighted by atomic mass is 9.87. The van der Waals surface area contributed by atoms with Crippen molar-refractivity contribution in [2.45, 2.75) is 45.6 Å². The van der Waals surface area contributed by atoms with E-state index in [2.05, 4.69) is 10.6 Å². The number of anilines is 1. The number of hydrogen-bond donors (Lipinski definition) is 2. The number of piperidine rings is 1. The highest BCUT2D eigenvalue weighted by atomic mass is 16.2. The van der Waals surface area contributed by atoms with Crippen LogP contribution >= 0.6 is 0 Å². The van der Waals surface area contributed by atoms with Gasteiger partial charge in [-0.15, -0.1) is 0 Å². The first-order valence-corrected chi connectivity index (χ1v) is 11.0. The molecule has 1 aliphatic heterocycles. The molecule has 1 saturated carbocycles. The molecule has 1 saturated heterocycles. The highest BCUT2D eigenvalue weighted by Gasteiger charge is 2.29. The molecule has 2 N–H and O–H groups in total. The third-order valence-corrected chi connectivity index (χ3v) is 6.10. The first-order chi connectivity index (χ1) is 14.9. The summed E-state index contributed by atoms with van der Waals surface area (Å²) in [6.07, 6.45) is 3.43. The summed E-state index contributed by atoms with van der Waals surface area (Å²) in [6.45, 7) is 5.15. The van der Waals surface area contributed by atoms with Gasteiger partial charge in [-0.2, -0.15) is 0 Å². The van der Waals surface area contributed by atoms with Gasteiger partial charge in [-0.1, -0.05) is 23.8 Å². The van der Waals surface area contributed by atoms with E-state index in [4.69, 9.17) is 0 Å². The fraction of sp³-hybridized carbons (Fsp3) is 0.400. The number of nitrogens with zero attached hydrogens (tertiary/aromatic N) is 1. The first kappa shape index (κ1) is 21.1. The minimum absolute atomic E-state index is 0.0357. The van der Waals surface area contributed by atoms with Crippen molar-refractivity contribution in [1.82, 2.24) is 10.2 Å². The molecule has 0 aromatic heterocycles. The van der Waals surface area contributed by atoms with Gasteiger partial charge in [-0.05, 0) is 69.4 Å². The second kappa shape index (κ2) is 8.92. The van der Waals surface area contributed by atoms with Gasteiger partial charge >= 0.3 is 6.03 Å². The summed E-state index contributed by atoms with van der Waals surface area (Å²) in [6, 6.07) is 13.0. The summed E-state index contributed by atoms with van der Waals surface area (Å²) in [5.41, 5.74) is 4.21. The third kappa shape index (κ3) is 5.13. The second-order valence-corrected chi connectivity index (χ2v) is 8.70. The number of rotatable bonds is 5. The highest BCUT2D eigenvalue weighted by Crippen LogP contribution is 2.25. The van der Waals surface area contributed by atoms with Crippen molar-refractivity contribution in [3.63, 3.8) is 0 Å². The molecular formula is C25H29N3O3. The molecule has 0 unspecified atom stereocenters. The Kier molecular flexibility index (Phi) is 6.07. The van der Waals surface area contributed by atoms with Crippen molar-refractivity contribution in [2.24, 2.45) is 5.92 Å². The standard InChI is InChI=1S/C25H29N3O3/c1-16-3-10-22(17(2)15-16)23(29)18-11-13-28(14-12-18)24(30)19-4-6-20(7-5-19)26-25(31)27-21-8-9-21/h3-7,10,15,18,21H,8-9,11-14H2,1-2H3,(H2,26,27,31). The molecule has 4 rings (SSSR count). The van der Waals surface area contributed by atoms with E-state index in [0.717, 1.165) is 29.5 Å². The summed E-state index contributed by atoms with van der Waals surface area (Å²) in [4.78, 5) is 39.4. The molecule has 6 nitrogen and oxygen atoms in total. The average Bonchev–Trinajstić information content (AvgIpc) is 3.57. The summed E-state index contributed by atoms with van der Waals surface area (Å²) in [5, 5.41) is 5.66. The Labute approximate surface area is 183 Å². The van der Waals surface area contributed by atoms with E-state index >= 15 is 0 Å². The number of carbonyl (C=O) groups is 3. The van der Waals surface area contributed by atoms with E-state index in [9.17, 15) is 14.4 Å². The van der Waals surface area contributed by atoms with E-state index in [1.165, 1.54) is 0 Å². The quantitative estimate of drug-likeness (QED) is 0.709. The van der Waals surface area contributed by atoms with Crippen LogP contribution in [0.5, 0.6) is 0 Å². The Morgan fingerprint density at radius 2 is 1.58 bits per heavy atom. The van der Waals surface area contributed by atoms with Gasteiger partial charge in [-0.25, -0.2) is 4.79 Å². The lowest BCUT2D eigenvalue weighted by molar-refractivity contribution is 0.0650. The van der Waals surface area contributed by atoms with Gasteiger partial charge in [0.2, 0.25) is 0 Å². The number of Topliss-reactive ketones (excluding diaryl/α,β-unsaturated/α-hetero) is 1. The zero-order valence-corrected chi connectivity index (χ0v) is 18.1. The topological polar surface area (TPSA) is 78.5 Å². The Morgan fingerprint density at radius 3 is 2.19 bits per heavy atom. The van der Waals surface area contributed by atoms with Crippen molar-refractivity contribution >= 4 is 23.4 Å². The number of likely N-dealkylation sites (tertiary alicyclic amines) is 1. The Morgan fingerprint density at radius 1 is 0.903 bits per heavy atom. The summed E-state index contributed by atoms with van der Waals surface area (Å²) in [7, 11) is 0. The maximum absolute atomic E-state index is 12.9. The predicted octanol–water partition coefficient (Wildman–Crippen LogP) is 4.32. The Bertz CT molecular complexity index is 988. The smallest absolute Gasteiger partial charge is 0.319 e. The summed E-state index contributed by atoms with van der Waals surface area (Å²) >= 11 is 0. The van der Waals surface area contributed by atoms with Crippen LogP contribution in [0.1, 0.15) is 57.5 Å². The normalized spacial score (nSPS) is 16.6. The first-order valence-electron chi connectivity index (χ1n) is 11.0. The molecule has 2 aromatic rings. The molecule has 1 heterocycles. The van der Waals surface area contributed by atoms with E-state index in [0.29, 0.717) is 43.2 Å². The molecule has 2 aliphatic rings. The zero-order valence-electron chi connectivity index (χ0n) is 18.1.